The van der Waals surface area contributed by atoms with Gasteiger partial charge in [-0.3, -0.25) is 4.79 Å². The van der Waals surface area contributed by atoms with Crippen LogP contribution in [0.15, 0.2) is 24.3 Å². The summed E-state index contributed by atoms with van der Waals surface area (Å²) in [5, 5.41) is 0. The Bertz CT molecular complexity index is 387. The molecule has 0 radical (unpaired) electrons. The fourth-order valence-corrected chi connectivity index (χ4v) is 1.62. The second-order valence-corrected chi connectivity index (χ2v) is 5.01. The van der Waals surface area contributed by atoms with Gasteiger partial charge < -0.3 is 15.2 Å². The largest absolute Gasteiger partial charge is 0.494 e. The molecule has 0 aliphatic rings. The number of ether oxygens (including phenoxy) is 2. The van der Waals surface area contributed by atoms with Crippen LogP contribution in [0.25, 0.3) is 0 Å². The molecule has 0 fully saturated rings. The number of nitrogens with two attached hydrogens (primary N) is 1. The average molecular weight is 265 g/mol. The van der Waals surface area contributed by atoms with E-state index < -0.39 is 12.0 Å². The second kappa shape index (κ2) is 7.79. The minimum atomic E-state index is -0.613. The van der Waals surface area contributed by atoms with Gasteiger partial charge in [0.2, 0.25) is 0 Å². The Kier molecular flexibility index (Phi) is 6.36. The zero-order valence-corrected chi connectivity index (χ0v) is 11.9. The van der Waals surface area contributed by atoms with Crippen LogP contribution in [0.1, 0.15) is 25.8 Å². The molecule has 1 rings (SSSR count). The fraction of sp³-hybridized carbons (Fsp3) is 0.533. The Morgan fingerprint density at radius 2 is 1.89 bits per heavy atom. The number of esters is 1. The molecule has 1 aromatic carbocycles. The van der Waals surface area contributed by atoms with E-state index in [1.165, 1.54) is 7.11 Å². The highest BCUT2D eigenvalue weighted by Gasteiger charge is 2.13. The van der Waals surface area contributed by atoms with Gasteiger partial charge in [0.05, 0.1) is 13.7 Å². The van der Waals surface area contributed by atoms with Gasteiger partial charge in [-0.2, -0.15) is 0 Å². The Morgan fingerprint density at radius 3 is 2.42 bits per heavy atom. The summed E-state index contributed by atoms with van der Waals surface area (Å²) in [4.78, 5) is 11.2. The summed E-state index contributed by atoms with van der Waals surface area (Å²) in [5.74, 6) is 1.09. The van der Waals surface area contributed by atoms with Crippen LogP contribution < -0.4 is 10.5 Å². The van der Waals surface area contributed by atoms with E-state index in [0.29, 0.717) is 12.3 Å². The molecule has 106 valence electrons. The van der Waals surface area contributed by atoms with Crippen LogP contribution in [-0.2, 0) is 16.0 Å². The Morgan fingerprint density at radius 1 is 1.26 bits per heavy atom. The predicted octanol–water partition coefficient (Wildman–Crippen LogP) is 2.15. The average Bonchev–Trinajstić information content (AvgIpc) is 2.39. The lowest BCUT2D eigenvalue weighted by atomic mass is 10.1. The maximum atomic E-state index is 11.2. The number of hydrogen-bond donors (Lipinski definition) is 1. The van der Waals surface area contributed by atoms with Gasteiger partial charge in [-0.15, -0.1) is 0 Å². The Hall–Kier alpha value is -1.55. The van der Waals surface area contributed by atoms with Crippen LogP contribution in [0.2, 0.25) is 0 Å². The highest BCUT2D eigenvalue weighted by atomic mass is 16.5. The van der Waals surface area contributed by atoms with Crippen molar-refractivity contribution in [1.82, 2.24) is 0 Å². The van der Waals surface area contributed by atoms with Crippen molar-refractivity contribution in [3.8, 4) is 5.75 Å². The standard InChI is InChI=1S/C15H23NO3/c1-11(2)8-9-19-13-6-4-12(5-7-13)10-14(16)15(17)18-3/h4-7,11,14H,8-10,16H2,1-3H3/t14-/m0/s1. The van der Waals surface area contributed by atoms with Crippen LogP contribution in [0.3, 0.4) is 0 Å². The number of hydrogen-bond acceptors (Lipinski definition) is 4. The summed E-state index contributed by atoms with van der Waals surface area (Å²) < 4.78 is 10.2. The predicted molar refractivity (Wildman–Crippen MR) is 75.1 cm³/mol. The third-order valence-corrected chi connectivity index (χ3v) is 2.85. The lowest BCUT2D eigenvalue weighted by Crippen LogP contribution is -2.33. The van der Waals surface area contributed by atoms with Gasteiger partial charge in [0.15, 0.2) is 0 Å². The smallest absolute Gasteiger partial charge is 0.322 e. The summed E-state index contributed by atoms with van der Waals surface area (Å²) in [6, 6.07) is 7.04. The van der Waals surface area contributed by atoms with Crippen molar-refractivity contribution in [2.75, 3.05) is 13.7 Å². The second-order valence-electron chi connectivity index (χ2n) is 5.01. The number of rotatable bonds is 7. The van der Waals surface area contributed by atoms with Crippen molar-refractivity contribution >= 4 is 5.97 Å². The molecule has 0 aliphatic carbocycles. The molecule has 0 spiro atoms. The molecule has 4 nitrogen and oxygen atoms in total. The zero-order chi connectivity index (χ0) is 14.3. The van der Waals surface area contributed by atoms with E-state index in [0.717, 1.165) is 24.3 Å². The van der Waals surface area contributed by atoms with Gasteiger partial charge in [0.25, 0.3) is 0 Å². The first-order valence-corrected chi connectivity index (χ1v) is 6.58. The molecule has 4 heteroatoms. The molecular formula is C15H23NO3. The summed E-state index contributed by atoms with van der Waals surface area (Å²) in [7, 11) is 1.34. The molecule has 0 bridgehead atoms. The van der Waals surface area contributed by atoms with E-state index in [9.17, 15) is 4.79 Å². The lowest BCUT2D eigenvalue weighted by Gasteiger charge is -2.11. The van der Waals surface area contributed by atoms with E-state index in [2.05, 4.69) is 18.6 Å². The van der Waals surface area contributed by atoms with Crippen molar-refractivity contribution in [2.24, 2.45) is 11.7 Å². The Balaban J connectivity index is 2.45. The fourth-order valence-electron chi connectivity index (χ4n) is 1.62. The third-order valence-electron chi connectivity index (χ3n) is 2.85. The first kappa shape index (κ1) is 15.5. The number of benzene rings is 1. The first-order chi connectivity index (χ1) is 9.02. The quantitative estimate of drug-likeness (QED) is 0.767. The molecule has 0 unspecified atom stereocenters. The van der Waals surface area contributed by atoms with E-state index in [1.54, 1.807) is 0 Å². The van der Waals surface area contributed by atoms with Gasteiger partial charge in [0, 0.05) is 0 Å². The maximum Gasteiger partial charge on any atom is 0.322 e. The van der Waals surface area contributed by atoms with Crippen molar-refractivity contribution in [2.45, 2.75) is 32.7 Å². The van der Waals surface area contributed by atoms with Gasteiger partial charge >= 0.3 is 5.97 Å². The molecule has 0 aromatic heterocycles. The summed E-state index contributed by atoms with van der Waals surface area (Å²) in [6.07, 6.45) is 1.51. The molecule has 0 heterocycles. The van der Waals surface area contributed by atoms with E-state index in [4.69, 9.17) is 10.5 Å². The molecular weight excluding hydrogens is 242 g/mol. The normalized spacial score (nSPS) is 12.3. The maximum absolute atomic E-state index is 11.2. The molecule has 0 saturated carbocycles. The van der Waals surface area contributed by atoms with Crippen molar-refractivity contribution in [3.63, 3.8) is 0 Å². The van der Waals surface area contributed by atoms with Gasteiger partial charge in [-0.05, 0) is 36.5 Å². The molecule has 19 heavy (non-hydrogen) atoms. The number of carbonyl (C=O) groups excluding carboxylic acids is 1. The molecule has 0 aliphatic heterocycles. The van der Waals surface area contributed by atoms with Gasteiger partial charge in [0.1, 0.15) is 11.8 Å². The van der Waals surface area contributed by atoms with Gasteiger partial charge in [-0.25, -0.2) is 0 Å². The SMILES string of the molecule is COC(=O)[C@@H](N)Cc1ccc(OCCC(C)C)cc1. The monoisotopic (exact) mass is 265 g/mol. The van der Waals surface area contributed by atoms with E-state index >= 15 is 0 Å². The van der Waals surface area contributed by atoms with Crippen LogP contribution in [0.5, 0.6) is 5.75 Å². The molecule has 0 amide bonds. The molecule has 1 aromatic rings. The van der Waals surface area contributed by atoms with E-state index in [-0.39, 0.29) is 0 Å². The topological polar surface area (TPSA) is 61.5 Å². The van der Waals surface area contributed by atoms with Crippen LogP contribution in [0, 0.1) is 5.92 Å². The highest BCUT2D eigenvalue weighted by Crippen LogP contribution is 2.14. The summed E-state index contributed by atoms with van der Waals surface area (Å²) >= 11 is 0. The highest BCUT2D eigenvalue weighted by molar-refractivity contribution is 5.75. The van der Waals surface area contributed by atoms with Crippen molar-refractivity contribution < 1.29 is 14.3 Å². The van der Waals surface area contributed by atoms with E-state index in [1.807, 2.05) is 24.3 Å². The summed E-state index contributed by atoms with van der Waals surface area (Å²) in [5.41, 5.74) is 6.70. The number of methoxy groups -OCH3 is 1. The van der Waals surface area contributed by atoms with Gasteiger partial charge in [-0.1, -0.05) is 26.0 Å². The van der Waals surface area contributed by atoms with Crippen LogP contribution >= 0.6 is 0 Å². The van der Waals surface area contributed by atoms with Crippen LogP contribution in [0.4, 0.5) is 0 Å². The first-order valence-electron chi connectivity index (χ1n) is 6.58. The van der Waals surface area contributed by atoms with Crippen LogP contribution in [-0.4, -0.2) is 25.7 Å². The zero-order valence-electron chi connectivity index (χ0n) is 11.9. The minimum absolute atomic E-state index is 0.391. The molecule has 1 atom stereocenters. The minimum Gasteiger partial charge on any atom is -0.494 e. The number of carbonyl (C=O) groups is 1. The van der Waals surface area contributed by atoms with Crippen molar-refractivity contribution in [3.05, 3.63) is 29.8 Å². The molecule has 0 saturated heterocycles. The Labute approximate surface area is 114 Å². The molecule has 2 N–H and O–H groups in total. The van der Waals surface area contributed by atoms with Crippen molar-refractivity contribution in [1.29, 1.82) is 0 Å². The third kappa shape index (κ3) is 5.75. The lowest BCUT2D eigenvalue weighted by molar-refractivity contribution is -0.142. The summed E-state index contributed by atoms with van der Waals surface area (Å²) in [6.45, 7) is 5.06.